The van der Waals surface area contributed by atoms with E-state index in [0.717, 1.165) is 6.26 Å². The monoisotopic (exact) mass is 769 g/mol. The van der Waals surface area contributed by atoms with Crippen LogP contribution in [0.15, 0.2) is 78.0 Å². The molecule has 282 valence electrons. The number of aromatic nitrogens is 2. The maximum Gasteiger partial charge on any atom is 0.407 e. The van der Waals surface area contributed by atoms with E-state index in [4.69, 9.17) is 35.3 Å². The first kappa shape index (κ1) is 40.3. The van der Waals surface area contributed by atoms with Gasteiger partial charge in [0.15, 0.2) is 27.0 Å². The summed E-state index contributed by atoms with van der Waals surface area (Å²) in [5, 5.41) is 8.28. The van der Waals surface area contributed by atoms with Crippen molar-refractivity contribution in [2.24, 2.45) is 0 Å². The van der Waals surface area contributed by atoms with Crippen LogP contribution in [0.3, 0.4) is 0 Å². The summed E-state index contributed by atoms with van der Waals surface area (Å²) in [5.74, 6) is -0.289. The molecule has 0 spiro atoms. The number of nitrogens with zero attached hydrogens (tertiary/aromatic N) is 2. The predicted molar refractivity (Wildman–Crippen MR) is 197 cm³/mol. The highest BCUT2D eigenvalue weighted by Gasteiger charge is 2.23. The van der Waals surface area contributed by atoms with Gasteiger partial charge in [0, 0.05) is 18.6 Å². The lowest BCUT2D eigenvalue weighted by atomic mass is 10.1. The lowest BCUT2D eigenvalue weighted by molar-refractivity contribution is 0.00518. The molecular weight excluding hydrogens is 730 g/mol. The van der Waals surface area contributed by atoms with E-state index in [9.17, 15) is 22.8 Å². The van der Waals surface area contributed by atoms with Gasteiger partial charge in [-0.15, -0.1) is 0 Å². The van der Waals surface area contributed by atoms with Crippen LogP contribution < -0.4 is 30.2 Å². The molecular formula is C36H40ClN5O10S. The van der Waals surface area contributed by atoms with E-state index in [2.05, 4.69) is 25.9 Å². The second kappa shape index (κ2) is 17.9. The number of hydrogen-bond donors (Lipinski definition) is 3. The Morgan fingerprint density at radius 2 is 1.64 bits per heavy atom. The fraction of sp³-hybridized carbons (Fsp3) is 0.306. The van der Waals surface area contributed by atoms with Gasteiger partial charge in [0.1, 0.15) is 29.9 Å². The molecule has 0 saturated heterocycles. The largest absolute Gasteiger partial charge is 0.493 e. The number of nitrogens with one attached hydrogen (secondary N) is 3. The lowest BCUT2D eigenvalue weighted by Gasteiger charge is -2.23. The van der Waals surface area contributed by atoms with Gasteiger partial charge in [0.05, 0.1) is 48.5 Å². The average molecular weight is 770 g/mol. The van der Waals surface area contributed by atoms with Crippen molar-refractivity contribution in [2.45, 2.75) is 44.0 Å². The van der Waals surface area contributed by atoms with Crippen molar-refractivity contribution in [3.8, 4) is 17.2 Å². The molecule has 2 aromatic heterocycles. The summed E-state index contributed by atoms with van der Waals surface area (Å²) in [5.41, 5.74) is -0.172. The lowest BCUT2D eigenvalue weighted by Crippen LogP contribution is -2.40. The molecule has 0 fully saturated rings. The van der Waals surface area contributed by atoms with Crippen LogP contribution in [-0.4, -0.2) is 81.6 Å². The molecule has 17 heteroatoms. The molecule has 3 N–H and O–H groups in total. The van der Waals surface area contributed by atoms with Gasteiger partial charge in [-0.2, -0.15) is 0 Å². The molecule has 4 rings (SSSR count). The predicted octanol–water partition coefficient (Wildman–Crippen LogP) is 5.54. The SMILES string of the molecule is COc1ccc(CO[C@H](CNC(=O)OC(C)(C)C)COc2cc(S(C)(=O)=O)ccc2C(=O)Nc2cccnc2C(=O)Nc2ccc(Cl)cn2)cc1OC. The maximum absolute atomic E-state index is 13.7. The number of methoxy groups -OCH3 is 2. The maximum atomic E-state index is 13.7. The van der Waals surface area contributed by atoms with E-state index in [1.807, 2.05) is 0 Å². The number of hydrogen-bond acceptors (Lipinski definition) is 12. The van der Waals surface area contributed by atoms with Crippen LogP contribution in [0.25, 0.3) is 0 Å². The topological polar surface area (TPSA) is 193 Å². The summed E-state index contributed by atoms with van der Waals surface area (Å²) in [7, 11) is -0.706. The number of pyridine rings is 2. The number of alkyl carbamates (subject to hydrolysis) is 1. The summed E-state index contributed by atoms with van der Waals surface area (Å²) < 4.78 is 53.2. The highest BCUT2D eigenvalue weighted by Crippen LogP contribution is 2.29. The van der Waals surface area contributed by atoms with E-state index in [-0.39, 0.29) is 53.2 Å². The molecule has 4 aromatic rings. The van der Waals surface area contributed by atoms with Crippen molar-refractivity contribution < 1.29 is 46.5 Å². The molecule has 53 heavy (non-hydrogen) atoms. The molecule has 1 atom stereocenters. The zero-order valence-electron chi connectivity index (χ0n) is 29.9. The third kappa shape index (κ3) is 12.1. The molecule has 0 aliphatic heterocycles. The summed E-state index contributed by atoms with van der Waals surface area (Å²) in [6.45, 7) is 4.90. The third-order valence-electron chi connectivity index (χ3n) is 7.10. The first-order valence-electron chi connectivity index (χ1n) is 16.0. The van der Waals surface area contributed by atoms with Crippen LogP contribution in [0.1, 0.15) is 47.2 Å². The number of amides is 3. The Morgan fingerprint density at radius 3 is 2.30 bits per heavy atom. The molecule has 15 nitrogen and oxygen atoms in total. The second-order valence-electron chi connectivity index (χ2n) is 12.4. The summed E-state index contributed by atoms with van der Waals surface area (Å²) >= 11 is 5.89. The molecule has 3 amide bonds. The minimum absolute atomic E-state index is 0.0541. The Kier molecular flexibility index (Phi) is 13.6. The highest BCUT2D eigenvalue weighted by atomic mass is 35.5. The van der Waals surface area contributed by atoms with E-state index >= 15 is 0 Å². The van der Waals surface area contributed by atoms with Gasteiger partial charge in [-0.25, -0.2) is 23.2 Å². The summed E-state index contributed by atoms with van der Waals surface area (Å²) in [6, 6.07) is 15.0. The summed E-state index contributed by atoms with van der Waals surface area (Å²) in [4.78, 5) is 47.4. The first-order valence-corrected chi connectivity index (χ1v) is 18.3. The van der Waals surface area contributed by atoms with Crippen LogP contribution in [0.4, 0.5) is 16.3 Å². The van der Waals surface area contributed by atoms with Crippen molar-refractivity contribution >= 4 is 50.9 Å². The van der Waals surface area contributed by atoms with Crippen molar-refractivity contribution in [1.82, 2.24) is 15.3 Å². The molecule has 0 radical (unpaired) electrons. The van der Waals surface area contributed by atoms with Crippen molar-refractivity contribution in [3.05, 3.63) is 94.9 Å². The minimum atomic E-state index is -3.73. The van der Waals surface area contributed by atoms with Crippen LogP contribution in [0.2, 0.25) is 5.02 Å². The molecule has 0 aliphatic carbocycles. The molecule has 2 heterocycles. The number of carbonyl (C=O) groups excluding carboxylic acids is 3. The number of benzene rings is 2. The fourth-order valence-corrected chi connectivity index (χ4v) is 5.34. The van der Waals surface area contributed by atoms with Crippen molar-refractivity contribution in [1.29, 1.82) is 0 Å². The minimum Gasteiger partial charge on any atom is -0.493 e. The van der Waals surface area contributed by atoms with Crippen molar-refractivity contribution in [3.63, 3.8) is 0 Å². The molecule has 0 saturated carbocycles. The van der Waals surface area contributed by atoms with E-state index in [0.29, 0.717) is 22.1 Å². The zero-order valence-corrected chi connectivity index (χ0v) is 31.5. The summed E-state index contributed by atoms with van der Waals surface area (Å²) in [6.07, 6.45) is 2.23. The standard InChI is InChI=1S/C36H40ClN5O10S/c1-36(2,3)52-35(45)40-19-24(50-20-22-9-13-28(48-4)30(16-22)49-5)21-51-29-17-25(53(6,46)47)11-12-26(29)33(43)41-27-8-7-15-38-32(27)34(44)42-31-14-10-23(37)18-39-31/h7-18,24H,19-21H2,1-6H3,(H,40,45)(H,41,43)(H,39,42,44)/t24-/m1/s1. The number of halogens is 1. The van der Waals surface area contributed by atoms with Gasteiger partial charge in [0.2, 0.25) is 0 Å². The van der Waals surface area contributed by atoms with Gasteiger partial charge >= 0.3 is 6.09 Å². The van der Waals surface area contributed by atoms with Crippen molar-refractivity contribution in [2.75, 3.05) is 44.3 Å². The Balaban J connectivity index is 1.58. The fourth-order valence-electron chi connectivity index (χ4n) is 4.59. The Bertz CT molecular complexity index is 2040. The van der Waals surface area contributed by atoms with Gasteiger partial charge < -0.3 is 39.6 Å². The molecule has 0 unspecified atom stereocenters. The van der Waals surface area contributed by atoms with E-state index in [1.54, 1.807) is 45.0 Å². The second-order valence-corrected chi connectivity index (χ2v) is 14.9. The van der Waals surface area contributed by atoms with Crippen LogP contribution in [0.5, 0.6) is 17.2 Å². The molecule has 0 aliphatic rings. The van der Waals surface area contributed by atoms with Crippen LogP contribution in [0, 0.1) is 0 Å². The normalized spacial score (nSPS) is 11.9. The van der Waals surface area contributed by atoms with Crippen LogP contribution >= 0.6 is 11.6 Å². The van der Waals surface area contributed by atoms with E-state index < -0.39 is 39.4 Å². The Morgan fingerprint density at radius 1 is 0.887 bits per heavy atom. The smallest absolute Gasteiger partial charge is 0.407 e. The van der Waals surface area contributed by atoms with Gasteiger partial charge in [-0.3, -0.25) is 9.59 Å². The molecule has 2 aromatic carbocycles. The van der Waals surface area contributed by atoms with Gasteiger partial charge in [0.25, 0.3) is 11.8 Å². The Hall–Kier alpha value is -5.45. The average Bonchev–Trinajstić information content (AvgIpc) is 3.11. The van der Waals surface area contributed by atoms with Gasteiger partial charge in [-0.1, -0.05) is 17.7 Å². The molecule has 0 bridgehead atoms. The number of sulfone groups is 1. The van der Waals surface area contributed by atoms with E-state index in [1.165, 1.54) is 63.0 Å². The third-order valence-corrected chi connectivity index (χ3v) is 8.43. The number of ether oxygens (including phenoxy) is 5. The number of carbonyl (C=O) groups is 3. The quantitative estimate of drug-likeness (QED) is 0.137. The zero-order chi connectivity index (χ0) is 38.8. The first-order chi connectivity index (χ1) is 25.1. The van der Waals surface area contributed by atoms with Gasteiger partial charge in [-0.05, 0) is 80.9 Å². The number of rotatable bonds is 15. The Labute approximate surface area is 312 Å². The van der Waals surface area contributed by atoms with Crippen LogP contribution in [-0.2, 0) is 25.9 Å². The highest BCUT2D eigenvalue weighted by molar-refractivity contribution is 7.90. The number of anilines is 2.